The molecule has 134 valence electrons. The van der Waals surface area contributed by atoms with Gasteiger partial charge in [0.1, 0.15) is 0 Å². The predicted octanol–water partition coefficient (Wildman–Crippen LogP) is 5.80. The lowest BCUT2D eigenvalue weighted by Gasteiger charge is -2.12. The Morgan fingerprint density at radius 2 is 1.72 bits per heavy atom. The monoisotopic (exact) mass is 379 g/mol. The van der Waals surface area contributed by atoms with Crippen LogP contribution in [0.2, 0.25) is 10.0 Å². The maximum atomic E-state index is 12.3. The number of hydrogen-bond donors (Lipinski definition) is 1. The van der Waals surface area contributed by atoms with Gasteiger partial charge in [-0.15, -0.1) is 0 Å². The average Bonchev–Trinajstić information content (AvgIpc) is 2.59. The summed E-state index contributed by atoms with van der Waals surface area (Å²) in [5.74, 6) is 0.219. The summed E-state index contributed by atoms with van der Waals surface area (Å²) in [6.07, 6.45) is 3.15. The Kier molecular flexibility index (Phi) is 7.60. The molecule has 0 heterocycles. The van der Waals surface area contributed by atoms with Crippen LogP contribution in [0.15, 0.2) is 36.4 Å². The maximum absolute atomic E-state index is 12.3. The number of ether oxygens (including phenoxy) is 1. The number of hydrogen-bond acceptors (Lipinski definition) is 2. The summed E-state index contributed by atoms with van der Waals surface area (Å²) in [6, 6.07) is 11.2. The van der Waals surface area contributed by atoms with Crippen LogP contribution < -0.4 is 10.1 Å². The third kappa shape index (κ3) is 5.94. The molecule has 0 saturated carbocycles. The number of benzene rings is 2. The van der Waals surface area contributed by atoms with E-state index in [0.717, 1.165) is 24.8 Å². The molecule has 1 N–H and O–H groups in total. The molecule has 0 bridgehead atoms. The molecule has 3 nitrogen and oxygen atoms in total. The van der Waals surface area contributed by atoms with E-state index in [2.05, 4.69) is 12.2 Å². The number of carbonyl (C=O) groups is 1. The molecule has 0 aromatic heterocycles. The zero-order valence-electron chi connectivity index (χ0n) is 14.6. The van der Waals surface area contributed by atoms with Crippen LogP contribution in [0.3, 0.4) is 0 Å². The number of rotatable bonds is 8. The molecule has 0 saturated heterocycles. The Balaban J connectivity index is 1.98. The normalized spacial score (nSPS) is 10.6. The summed E-state index contributed by atoms with van der Waals surface area (Å²) < 4.78 is 5.65. The van der Waals surface area contributed by atoms with Gasteiger partial charge in [-0.3, -0.25) is 4.79 Å². The highest BCUT2D eigenvalue weighted by atomic mass is 35.5. The van der Waals surface area contributed by atoms with E-state index in [4.69, 9.17) is 27.9 Å². The van der Waals surface area contributed by atoms with Crippen molar-refractivity contribution in [2.45, 2.75) is 39.7 Å². The summed E-state index contributed by atoms with van der Waals surface area (Å²) in [7, 11) is 0. The molecular weight excluding hydrogens is 357 g/mol. The van der Waals surface area contributed by atoms with Crippen molar-refractivity contribution < 1.29 is 9.53 Å². The third-order valence-corrected chi connectivity index (χ3v) is 4.39. The van der Waals surface area contributed by atoms with Crippen molar-refractivity contribution in [1.29, 1.82) is 0 Å². The molecular formula is C20H23Cl2NO2. The summed E-state index contributed by atoms with van der Waals surface area (Å²) in [5, 5.41) is 3.57. The minimum Gasteiger partial charge on any atom is -0.490 e. The van der Waals surface area contributed by atoms with E-state index in [0.29, 0.717) is 34.5 Å². The van der Waals surface area contributed by atoms with Crippen molar-refractivity contribution in [2.24, 2.45) is 0 Å². The lowest BCUT2D eigenvalue weighted by molar-refractivity contribution is 0.0951. The highest BCUT2D eigenvalue weighted by Crippen LogP contribution is 2.34. The van der Waals surface area contributed by atoms with Gasteiger partial charge >= 0.3 is 0 Å². The van der Waals surface area contributed by atoms with Gasteiger partial charge < -0.3 is 10.1 Å². The molecule has 5 heteroatoms. The van der Waals surface area contributed by atoms with Gasteiger partial charge in [0, 0.05) is 12.1 Å². The lowest BCUT2D eigenvalue weighted by Crippen LogP contribution is -2.22. The predicted molar refractivity (Wildman–Crippen MR) is 104 cm³/mol. The minimum atomic E-state index is -0.220. The fourth-order valence-electron chi connectivity index (χ4n) is 2.35. The maximum Gasteiger partial charge on any atom is 0.251 e. The molecule has 2 aromatic carbocycles. The van der Waals surface area contributed by atoms with Gasteiger partial charge in [0.05, 0.1) is 16.7 Å². The quantitative estimate of drug-likeness (QED) is 0.588. The lowest BCUT2D eigenvalue weighted by atomic mass is 10.1. The van der Waals surface area contributed by atoms with E-state index in [1.165, 1.54) is 5.56 Å². The van der Waals surface area contributed by atoms with E-state index in [9.17, 15) is 4.79 Å². The first kappa shape index (κ1) is 19.6. The summed E-state index contributed by atoms with van der Waals surface area (Å²) >= 11 is 12.5. The van der Waals surface area contributed by atoms with Crippen molar-refractivity contribution in [2.75, 3.05) is 6.61 Å². The fourth-order valence-corrected chi connectivity index (χ4v) is 2.94. The Morgan fingerprint density at radius 1 is 1.08 bits per heavy atom. The Hall–Kier alpha value is -1.71. The Labute approximate surface area is 159 Å². The molecule has 0 radical (unpaired) electrons. The first-order valence-corrected chi connectivity index (χ1v) is 9.22. The molecule has 0 unspecified atom stereocenters. The van der Waals surface area contributed by atoms with Crippen LogP contribution in [0.1, 0.15) is 47.7 Å². The van der Waals surface area contributed by atoms with Gasteiger partial charge in [0.2, 0.25) is 0 Å². The van der Waals surface area contributed by atoms with Gasteiger partial charge in [-0.05, 0) is 31.0 Å². The zero-order chi connectivity index (χ0) is 18.2. The number of amides is 1. The molecule has 2 aromatic rings. The number of aryl methyl sites for hydroxylation is 1. The molecule has 1 amide bonds. The molecule has 0 atom stereocenters. The zero-order valence-corrected chi connectivity index (χ0v) is 16.1. The van der Waals surface area contributed by atoms with Gasteiger partial charge in [-0.25, -0.2) is 0 Å². The summed E-state index contributed by atoms with van der Waals surface area (Å²) in [5.41, 5.74) is 2.64. The van der Waals surface area contributed by atoms with Crippen molar-refractivity contribution in [1.82, 2.24) is 5.32 Å². The van der Waals surface area contributed by atoms with Crippen LogP contribution in [0, 0.1) is 6.92 Å². The first-order chi connectivity index (χ1) is 12.0. The van der Waals surface area contributed by atoms with Gasteiger partial charge in [0.15, 0.2) is 5.75 Å². The van der Waals surface area contributed by atoms with Gasteiger partial charge in [-0.1, -0.05) is 72.8 Å². The second kappa shape index (κ2) is 9.69. The summed E-state index contributed by atoms with van der Waals surface area (Å²) in [4.78, 5) is 12.3. The SMILES string of the molecule is CCCCCOc1c(Cl)cc(C(=O)NCc2ccc(C)cc2)cc1Cl. The van der Waals surface area contributed by atoms with E-state index in [1.807, 2.05) is 31.2 Å². The fraction of sp³-hybridized carbons (Fsp3) is 0.350. The highest BCUT2D eigenvalue weighted by Gasteiger charge is 2.14. The number of nitrogens with one attached hydrogen (secondary N) is 1. The van der Waals surface area contributed by atoms with Crippen LogP contribution in [-0.2, 0) is 6.54 Å². The van der Waals surface area contributed by atoms with Crippen molar-refractivity contribution in [3.05, 3.63) is 63.1 Å². The molecule has 2 rings (SSSR count). The van der Waals surface area contributed by atoms with Crippen LogP contribution in [-0.4, -0.2) is 12.5 Å². The van der Waals surface area contributed by atoms with Crippen LogP contribution in [0.25, 0.3) is 0 Å². The highest BCUT2D eigenvalue weighted by molar-refractivity contribution is 6.37. The second-order valence-corrected chi connectivity index (χ2v) is 6.81. The van der Waals surface area contributed by atoms with Crippen LogP contribution >= 0.6 is 23.2 Å². The van der Waals surface area contributed by atoms with E-state index in [-0.39, 0.29) is 5.91 Å². The molecule has 0 spiro atoms. The second-order valence-electron chi connectivity index (χ2n) is 5.99. The van der Waals surface area contributed by atoms with Crippen LogP contribution in [0.4, 0.5) is 0 Å². The first-order valence-electron chi connectivity index (χ1n) is 8.47. The van der Waals surface area contributed by atoms with Crippen molar-refractivity contribution >= 4 is 29.1 Å². The van der Waals surface area contributed by atoms with E-state index < -0.39 is 0 Å². The topological polar surface area (TPSA) is 38.3 Å². The minimum absolute atomic E-state index is 0.220. The van der Waals surface area contributed by atoms with Gasteiger partial charge in [0.25, 0.3) is 5.91 Å². The molecule has 0 fully saturated rings. The number of unbranched alkanes of at least 4 members (excludes halogenated alkanes) is 2. The largest absolute Gasteiger partial charge is 0.490 e. The third-order valence-electron chi connectivity index (χ3n) is 3.83. The number of carbonyl (C=O) groups excluding carboxylic acids is 1. The van der Waals surface area contributed by atoms with E-state index in [1.54, 1.807) is 12.1 Å². The van der Waals surface area contributed by atoms with Crippen molar-refractivity contribution in [3.63, 3.8) is 0 Å². The van der Waals surface area contributed by atoms with E-state index >= 15 is 0 Å². The van der Waals surface area contributed by atoms with Crippen molar-refractivity contribution in [3.8, 4) is 5.75 Å². The molecule has 0 aliphatic carbocycles. The molecule has 25 heavy (non-hydrogen) atoms. The van der Waals surface area contributed by atoms with Crippen LogP contribution in [0.5, 0.6) is 5.75 Å². The average molecular weight is 380 g/mol. The smallest absolute Gasteiger partial charge is 0.251 e. The number of halogens is 2. The standard InChI is InChI=1S/C20H23Cl2NO2/c1-3-4-5-10-25-19-17(21)11-16(12-18(19)22)20(24)23-13-15-8-6-14(2)7-9-15/h6-9,11-12H,3-5,10,13H2,1-2H3,(H,23,24). The molecule has 0 aliphatic heterocycles. The Bertz CT molecular complexity index is 691. The summed E-state index contributed by atoms with van der Waals surface area (Å²) in [6.45, 7) is 5.16. The molecule has 0 aliphatic rings. The Morgan fingerprint density at radius 3 is 2.32 bits per heavy atom. The van der Waals surface area contributed by atoms with Gasteiger partial charge in [-0.2, -0.15) is 0 Å².